The predicted octanol–water partition coefficient (Wildman–Crippen LogP) is 4.17. The number of piperazine rings is 1. The summed E-state index contributed by atoms with van der Waals surface area (Å²) in [7, 11) is -2.37. The van der Waals surface area contributed by atoms with Crippen molar-refractivity contribution in [1.29, 1.82) is 0 Å². The second-order valence-electron chi connectivity index (χ2n) is 8.35. The molecule has 3 aromatic rings. The molecule has 1 aliphatic rings. The molecular formula is C26H28ClN3O3S. The average molecular weight is 498 g/mol. The maximum atomic E-state index is 13.2. The van der Waals surface area contributed by atoms with E-state index >= 15 is 0 Å². The largest absolute Gasteiger partial charge is 0.336 e. The highest BCUT2D eigenvalue weighted by atomic mass is 35.5. The number of nitrogens with zero attached hydrogens (tertiary/aromatic N) is 3. The van der Waals surface area contributed by atoms with Crippen LogP contribution in [0.5, 0.6) is 0 Å². The lowest BCUT2D eigenvalue weighted by molar-refractivity contribution is 0.0638. The molecule has 0 saturated carbocycles. The van der Waals surface area contributed by atoms with E-state index in [9.17, 15) is 13.2 Å². The normalized spacial score (nSPS) is 14.7. The van der Waals surface area contributed by atoms with E-state index < -0.39 is 10.0 Å². The Morgan fingerprint density at radius 3 is 2.32 bits per heavy atom. The SMILES string of the molecule is CN(c1cccc(Cl)c1)S(=O)(=O)c1cccc(C(=O)N2CCN(CCc3ccccc3)CC2)c1. The number of carbonyl (C=O) groups excluding carboxylic acids is 1. The number of sulfonamides is 1. The van der Waals surface area contributed by atoms with Gasteiger partial charge in [0.1, 0.15) is 0 Å². The molecule has 4 rings (SSSR count). The number of anilines is 1. The number of rotatable bonds is 7. The van der Waals surface area contributed by atoms with Crippen molar-refractivity contribution in [2.45, 2.75) is 11.3 Å². The second-order valence-corrected chi connectivity index (χ2v) is 10.8. The number of hydrogen-bond donors (Lipinski definition) is 0. The summed E-state index contributed by atoms with van der Waals surface area (Å²) in [6.07, 6.45) is 0.981. The summed E-state index contributed by atoms with van der Waals surface area (Å²) in [5.74, 6) is -0.148. The van der Waals surface area contributed by atoms with Crippen molar-refractivity contribution in [3.05, 3.63) is 95.0 Å². The van der Waals surface area contributed by atoms with Gasteiger partial charge in [-0.15, -0.1) is 0 Å². The van der Waals surface area contributed by atoms with E-state index in [1.165, 1.54) is 29.0 Å². The Morgan fingerprint density at radius 2 is 1.62 bits per heavy atom. The number of hydrogen-bond acceptors (Lipinski definition) is 4. The topological polar surface area (TPSA) is 60.9 Å². The Balaban J connectivity index is 1.40. The third-order valence-electron chi connectivity index (χ3n) is 6.13. The van der Waals surface area contributed by atoms with E-state index in [1.54, 1.807) is 41.3 Å². The van der Waals surface area contributed by atoms with Crippen LogP contribution in [0.15, 0.2) is 83.8 Å². The van der Waals surface area contributed by atoms with Crippen LogP contribution in [-0.4, -0.2) is 63.9 Å². The van der Waals surface area contributed by atoms with Gasteiger partial charge in [-0.2, -0.15) is 0 Å². The summed E-state index contributed by atoms with van der Waals surface area (Å²) >= 11 is 6.02. The Kier molecular flexibility index (Phi) is 7.56. The standard InChI is InChI=1S/C26H28ClN3O3S/c1-28(24-11-6-10-23(27)20-24)34(32,33)25-12-5-9-22(19-25)26(31)30-17-15-29(16-18-30)14-13-21-7-3-2-4-8-21/h2-12,19-20H,13-18H2,1H3. The first-order valence-corrected chi connectivity index (χ1v) is 13.1. The third kappa shape index (κ3) is 5.60. The summed E-state index contributed by atoms with van der Waals surface area (Å²) in [5, 5.41) is 0.450. The van der Waals surface area contributed by atoms with Crippen molar-refractivity contribution in [1.82, 2.24) is 9.80 Å². The molecule has 0 aromatic heterocycles. The lowest BCUT2D eigenvalue weighted by atomic mass is 10.1. The van der Waals surface area contributed by atoms with Crippen LogP contribution in [0.1, 0.15) is 15.9 Å². The molecule has 1 heterocycles. The van der Waals surface area contributed by atoms with E-state index in [4.69, 9.17) is 11.6 Å². The smallest absolute Gasteiger partial charge is 0.264 e. The summed E-state index contributed by atoms with van der Waals surface area (Å²) < 4.78 is 27.5. The summed E-state index contributed by atoms with van der Waals surface area (Å²) in [6, 6.07) is 23.3. The minimum absolute atomic E-state index is 0.0716. The third-order valence-corrected chi connectivity index (χ3v) is 8.15. The van der Waals surface area contributed by atoms with Crippen LogP contribution in [0, 0.1) is 0 Å². The fourth-order valence-electron chi connectivity index (χ4n) is 4.05. The number of benzene rings is 3. The molecule has 0 bridgehead atoms. The maximum absolute atomic E-state index is 13.2. The monoisotopic (exact) mass is 497 g/mol. The molecule has 34 heavy (non-hydrogen) atoms. The van der Waals surface area contributed by atoms with E-state index in [1.807, 2.05) is 18.2 Å². The first kappa shape index (κ1) is 24.3. The molecule has 178 valence electrons. The van der Waals surface area contributed by atoms with Crippen LogP contribution in [0.25, 0.3) is 0 Å². The quantitative estimate of drug-likeness (QED) is 0.491. The summed E-state index contributed by atoms with van der Waals surface area (Å²) in [4.78, 5) is 17.4. The Labute approximate surface area is 206 Å². The Bertz CT molecular complexity index is 1240. The van der Waals surface area contributed by atoms with Gasteiger partial charge >= 0.3 is 0 Å². The predicted molar refractivity (Wildman–Crippen MR) is 136 cm³/mol. The molecule has 8 heteroatoms. The molecular weight excluding hydrogens is 470 g/mol. The van der Waals surface area contributed by atoms with Gasteiger partial charge in [0.05, 0.1) is 10.6 Å². The average Bonchev–Trinajstić information content (AvgIpc) is 2.87. The molecule has 0 radical (unpaired) electrons. The summed E-state index contributed by atoms with van der Waals surface area (Å²) in [6.45, 7) is 3.79. The molecule has 0 N–H and O–H groups in total. The van der Waals surface area contributed by atoms with Crippen LogP contribution >= 0.6 is 11.6 Å². The zero-order chi connectivity index (χ0) is 24.1. The maximum Gasteiger partial charge on any atom is 0.264 e. The first-order valence-electron chi connectivity index (χ1n) is 11.2. The van der Waals surface area contributed by atoms with Crippen molar-refractivity contribution in [2.24, 2.45) is 0 Å². The fraction of sp³-hybridized carbons (Fsp3) is 0.269. The van der Waals surface area contributed by atoms with Crippen molar-refractivity contribution >= 4 is 33.2 Å². The van der Waals surface area contributed by atoms with Gasteiger partial charge in [0, 0.05) is 50.4 Å². The van der Waals surface area contributed by atoms with Crippen molar-refractivity contribution in [3.63, 3.8) is 0 Å². The minimum atomic E-state index is -3.84. The van der Waals surface area contributed by atoms with E-state index in [0.717, 1.165) is 26.1 Å². The van der Waals surface area contributed by atoms with E-state index in [-0.39, 0.29) is 10.8 Å². The summed E-state index contributed by atoms with van der Waals surface area (Å²) in [5.41, 5.74) is 2.14. The van der Waals surface area contributed by atoms with Gasteiger partial charge in [-0.25, -0.2) is 8.42 Å². The van der Waals surface area contributed by atoms with Gasteiger partial charge in [-0.05, 0) is 48.4 Å². The van der Waals surface area contributed by atoms with Gasteiger partial charge in [0.15, 0.2) is 0 Å². The molecule has 3 aromatic carbocycles. The second kappa shape index (κ2) is 10.6. The minimum Gasteiger partial charge on any atom is -0.336 e. The molecule has 0 spiro atoms. The van der Waals surface area contributed by atoms with Gasteiger partial charge in [0.2, 0.25) is 0 Å². The number of carbonyl (C=O) groups is 1. The van der Waals surface area contributed by atoms with Gasteiger partial charge < -0.3 is 4.90 Å². The molecule has 1 amide bonds. The van der Waals surface area contributed by atoms with E-state index in [2.05, 4.69) is 17.0 Å². The van der Waals surface area contributed by atoms with Crippen LogP contribution in [-0.2, 0) is 16.4 Å². The Morgan fingerprint density at radius 1 is 0.912 bits per heavy atom. The van der Waals surface area contributed by atoms with Crippen molar-refractivity contribution in [2.75, 3.05) is 44.1 Å². The van der Waals surface area contributed by atoms with Crippen molar-refractivity contribution in [3.8, 4) is 0 Å². The van der Waals surface area contributed by atoms with E-state index in [0.29, 0.717) is 29.4 Å². The molecule has 0 atom stereocenters. The van der Waals surface area contributed by atoms with Gasteiger partial charge in [-0.1, -0.05) is 54.1 Å². The highest BCUT2D eigenvalue weighted by Gasteiger charge is 2.25. The number of amides is 1. The molecule has 1 fully saturated rings. The molecule has 1 aliphatic heterocycles. The Hall–Kier alpha value is -2.87. The lowest BCUT2D eigenvalue weighted by Gasteiger charge is -2.34. The molecule has 0 aliphatic carbocycles. The molecule has 0 unspecified atom stereocenters. The zero-order valence-electron chi connectivity index (χ0n) is 19.1. The lowest BCUT2D eigenvalue weighted by Crippen LogP contribution is -2.49. The number of halogens is 1. The molecule has 6 nitrogen and oxygen atoms in total. The van der Waals surface area contributed by atoms with Crippen molar-refractivity contribution < 1.29 is 13.2 Å². The van der Waals surface area contributed by atoms with Gasteiger partial charge in [-0.3, -0.25) is 14.0 Å². The first-order chi connectivity index (χ1) is 16.3. The molecule has 1 saturated heterocycles. The van der Waals surface area contributed by atoms with Crippen LogP contribution < -0.4 is 4.31 Å². The van der Waals surface area contributed by atoms with Crippen LogP contribution in [0.2, 0.25) is 5.02 Å². The zero-order valence-corrected chi connectivity index (χ0v) is 20.7. The fourth-order valence-corrected chi connectivity index (χ4v) is 5.47. The van der Waals surface area contributed by atoms with Gasteiger partial charge in [0.25, 0.3) is 15.9 Å². The van der Waals surface area contributed by atoms with Crippen LogP contribution in [0.4, 0.5) is 5.69 Å². The van der Waals surface area contributed by atoms with Crippen LogP contribution in [0.3, 0.4) is 0 Å². The highest BCUT2D eigenvalue weighted by Crippen LogP contribution is 2.25. The highest BCUT2D eigenvalue weighted by molar-refractivity contribution is 7.92.